The van der Waals surface area contributed by atoms with Crippen LogP contribution < -0.4 is 41.0 Å². The van der Waals surface area contributed by atoms with Gasteiger partial charge in [0, 0.05) is 143 Å². The monoisotopic (exact) mass is 1190 g/mol. The van der Waals surface area contributed by atoms with E-state index in [4.69, 9.17) is 24.2 Å². The molecule has 19 nitrogen and oxygen atoms in total. The Morgan fingerprint density at radius 1 is 0.605 bits per heavy atom. The molecule has 0 bridgehead atoms. The molecule has 6 aliphatic rings. The maximum Gasteiger partial charge on any atom is 0.251 e. The molecule has 0 spiro atoms. The van der Waals surface area contributed by atoms with Crippen molar-refractivity contribution in [3.63, 3.8) is 0 Å². The number of likely N-dealkylation sites (N-methyl/N-ethyl adjacent to an activating group) is 2. The lowest BCUT2D eigenvalue weighted by Gasteiger charge is -2.32. The zero-order valence-electron chi connectivity index (χ0n) is 52.0. The van der Waals surface area contributed by atoms with Crippen LogP contribution in [0.1, 0.15) is 80.7 Å². The number of pyridine rings is 2. The molecule has 0 aliphatic carbocycles. The van der Waals surface area contributed by atoms with Gasteiger partial charge in [-0.15, -0.1) is 0 Å². The van der Waals surface area contributed by atoms with E-state index in [2.05, 4.69) is 68.1 Å². The van der Waals surface area contributed by atoms with E-state index < -0.39 is 0 Å². The predicted octanol–water partition coefficient (Wildman–Crippen LogP) is 5.52. The molecule has 2 unspecified atom stereocenters. The Morgan fingerprint density at radius 3 is 1.29 bits per heavy atom. The quantitative estimate of drug-likeness (QED) is 0.136. The number of rotatable bonds is 10. The summed E-state index contributed by atoms with van der Waals surface area (Å²) in [7, 11) is 7.33. The Balaban J connectivity index is 0.000000175. The number of halogens is 2. The molecule has 5 aromatic rings. The van der Waals surface area contributed by atoms with Gasteiger partial charge in [-0.25, -0.2) is 8.78 Å². The second-order valence-electron chi connectivity index (χ2n) is 24.3. The highest BCUT2D eigenvalue weighted by molar-refractivity contribution is 5.98. The topological polar surface area (TPSA) is 204 Å². The second-order valence-corrected chi connectivity index (χ2v) is 24.3. The minimum atomic E-state index is -0.324. The number of nitrogens with zero attached hydrogens (tertiary/aromatic N) is 7. The average molecular weight is 1190 g/mol. The molecular formula is C65H89F2N11O8. The third kappa shape index (κ3) is 19.1. The lowest BCUT2D eigenvalue weighted by Crippen LogP contribution is -2.52. The van der Waals surface area contributed by atoms with Crippen LogP contribution in [-0.2, 0) is 42.7 Å². The first kappa shape index (κ1) is 66.7. The number of piperazine rings is 2. The number of carbonyl (C=O) groups is 2. The summed E-state index contributed by atoms with van der Waals surface area (Å²) in [5.41, 5.74) is 5.60. The standard InChI is InChI=1S/2C23H29FN4O2.C9H9NO2.2C5H11NO/c2*1-15-12-27(9-8-25-15)13-20(29)28-14-23(2,3)21-19(28)11-17(22(30)26-21)10-16-4-6-18(24)7-5-16;1-11-8-3-7(6-10)4-9(5-8)12-2;2*1-6-2-4-7-5-3-6/h2*4-7,11,15,25H,8-10,12-14H2,1-3H3,(H,26,30);3-5H,1-2H3;2*2-5H2,1H3. The van der Waals surface area contributed by atoms with Gasteiger partial charge in [-0.2, -0.15) is 5.26 Å². The highest BCUT2D eigenvalue weighted by Gasteiger charge is 2.41. The largest absolute Gasteiger partial charge is 0.497 e. The van der Waals surface area contributed by atoms with Gasteiger partial charge in [0.2, 0.25) is 11.8 Å². The molecule has 4 saturated heterocycles. The molecule has 21 heteroatoms. The number of fused-ring (bicyclic) bond motifs is 2. The zero-order chi connectivity index (χ0) is 62.1. The summed E-state index contributed by atoms with van der Waals surface area (Å²) >= 11 is 0. The highest BCUT2D eigenvalue weighted by Crippen LogP contribution is 2.40. The first-order chi connectivity index (χ1) is 41.0. The molecular weight excluding hydrogens is 1100 g/mol. The van der Waals surface area contributed by atoms with E-state index in [9.17, 15) is 28.0 Å². The van der Waals surface area contributed by atoms with Crippen molar-refractivity contribution in [3.8, 4) is 17.6 Å². The lowest BCUT2D eigenvalue weighted by atomic mass is 9.91. The highest BCUT2D eigenvalue weighted by atomic mass is 19.1. The summed E-state index contributed by atoms with van der Waals surface area (Å²) in [5.74, 6) is 0.757. The number of hydrogen-bond acceptors (Lipinski definition) is 15. The minimum Gasteiger partial charge on any atom is -0.497 e. The van der Waals surface area contributed by atoms with Gasteiger partial charge in [0.1, 0.15) is 23.1 Å². The minimum absolute atomic E-state index is 0.0516. The molecule has 2 aromatic heterocycles. The molecule has 4 N–H and O–H groups in total. The Kier molecular flexibility index (Phi) is 24.2. The van der Waals surface area contributed by atoms with Crippen molar-refractivity contribution in [1.29, 1.82) is 5.26 Å². The Morgan fingerprint density at radius 2 is 0.977 bits per heavy atom. The molecule has 4 fully saturated rings. The number of amides is 2. The van der Waals surface area contributed by atoms with Gasteiger partial charge in [0.15, 0.2) is 0 Å². The SMILES string of the molecule is CC1CN(CC(=O)N2CC(C)(C)c3[nH]c(=O)c(Cc4ccc(F)cc4)cc32)CCN1.CC1CN(CC(=O)N2CC(C)(C)c3[nH]c(=O)c(Cc4ccc(F)cc4)cc32)CCN1.CN1CCOCC1.CN1CCOCC1.COc1cc(C#N)cc(OC)c1. The van der Waals surface area contributed by atoms with E-state index in [1.54, 1.807) is 56.7 Å². The van der Waals surface area contributed by atoms with Gasteiger partial charge in [-0.05, 0) is 87.6 Å². The number of hydrogen-bond donors (Lipinski definition) is 4. The average Bonchev–Trinajstić information content (AvgIpc) is 1.82. The molecule has 3 aromatic carbocycles. The van der Waals surface area contributed by atoms with Crippen molar-refractivity contribution in [2.75, 3.05) is 156 Å². The first-order valence-corrected chi connectivity index (χ1v) is 29.7. The summed E-state index contributed by atoms with van der Waals surface area (Å²) in [4.78, 5) is 70.4. The number of methoxy groups -OCH3 is 2. The number of aromatic nitrogens is 2. The fourth-order valence-electron chi connectivity index (χ4n) is 11.1. The van der Waals surface area contributed by atoms with Crippen LogP contribution in [0.25, 0.3) is 0 Å². The molecule has 8 heterocycles. The molecule has 11 rings (SSSR count). The number of nitrogens with one attached hydrogen (secondary N) is 4. The fourth-order valence-corrected chi connectivity index (χ4v) is 11.1. The summed E-state index contributed by atoms with van der Waals surface area (Å²) in [6.07, 6.45) is 0.779. The molecule has 2 amide bonds. The van der Waals surface area contributed by atoms with Gasteiger partial charge in [0.05, 0.1) is 76.7 Å². The van der Waals surface area contributed by atoms with Crippen LogP contribution in [0.5, 0.6) is 11.5 Å². The van der Waals surface area contributed by atoms with Crippen molar-refractivity contribution in [2.45, 2.75) is 77.3 Å². The molecule has 6 aliphatic heterocycles. The second kappa shape index (κ2) is 31.2. The Labute approximate surface area is 505 Å². The van der Waals surface area contributed by atoms with Crippen LogP contribution in [0.15, 0.2) is 88.5 Å². The lowest BCUT2D eigenvalue weighted by molar-refractivity contribution is -0.120. The summed E-state index contributed by atoms with van der Waals surface area (Å²) in [5, 5.41) is 15.4. The van der Waals surface area contributed by atoms with Crippen molar-refractivity contribution >= 4 is 23.2 Å². The molecule has 2 atom stereocenters. The maximum absolute atomic E-state index is 13.2. The third-order valence-corrected chi connectivity index (χ3v) is 16.0. The van der Waals surface area contributed by atoms with Crippen LogP contribution >= 0.6 is 0 Å². The van der Waals surface area contributed by atoms with Crippen molar-refractivity contribution in [2.24, 2.45) is 0 Å². The molecule has 0 radical (unpaired) electrons. The number of H-pyrrole nitrogens is 2. The number of benzene rings is 3. The van der Waals surface area contributed by atoms with E-state index >= 15 is 0 Å². The fraction of sp³-hybridized carbons (Fsp3) is 0.523. The van der Waals surface area contributed by atoms with Gasteiger partial charge < -0.3 is 59.1 Å². The molecule has 86 heavy (non-hydrogen) atoms. The van der Waals surface area contributed by atoms with E-state index in [1.165, 1.54) is 24.3 Å². The van der Waals surface area contributed by atoms with E-state index in [0.29, 0.717) is 79.3 Å². The van der Waals surface area contributed by atoms with Gasteiger partial charge in [-0.3, -0.25) is 29.0 Å². The van der Waals surface area contributed by atoms with Crippen LogP contribution in [0.2, 0.25) is 0 Å². The van der Waals surface area contributed by atoms with Crippen molar-refractivity contribution in [3.05, 3.63) is 150 Å². The molecule has 466 valence electrons. The van der Waals surface area contributed by atoms with Crippen LogP contribution in [0.4, 0.5) is 20.2 Å². The maximum atomic E-state index is 13.2. The summed E-state index contributed by atoms with van der Waals surface area (Å²) in [6.45, 7) is 27.4. The van der Waals surface area contributed by atoms with Crippen molar-refractivity contribution in [1.82, 2.24) is 40.2 Å². The molecule has 0 saturated carbocycles. The summed E-state index contributed by atoms with van der Waals surface area (Å²) in [6, 6.07) is 23.8. The smallest absolute Gasteiger partial charge is 0.251 e. The van der Waals surface area contributed by atoms with E-state index in [-0.39, 0.29) is 45.4 Å². The number of ether oxygens (including phenoxy) is 4. The number of anilines is 2. The predicted molar refractivity (Wildman–Crippen MR) is 332 cm³/mol. The number of nitriles is 1. The van der Waals surface area contributed by atoms with E-state index in [0.717, 1.165) is 126 Å². The normalized spacial score (nSPS) is 19.9. The Bertz CT molecular complexity index is 2990. The van der Waals surface area contributed by atoms with Crippen LogP contribution in [0.3, 0.4) is 0 Å². The zero-order valence-corrected chi connectivity index (χ0v) is 52.0. The van der Waals surface area contributed by atoms with Crippen molar-refractivity contribution < 1.29 is 37.3 Å². The summed E-state index contributed by atoms with van der Waals surface area (Å²) < 4.78 is 46.5. The number of aromatic amines is 2. The van der Waals surface area contributed by atoms with Gasteiger partial charge in [0.25, 0.3) is 11.1 Å². The Hall–Kier alpha value is -6.87. The van der Waals surface area contributed by atoms with Gasteiger partial charge >= 0.3 is 0 Å². The third-order valence-electron chi connectivity index (χ3n) is 16.0. The van der Waals surface area contributed by atoms with Crippen LogP contribution in [-0.4, -0.2) is 200 Å². The van der Waals surface area contributed by atoms with Gasteiger partial charge in [-0.1, -0.05) is 52.0 Å². The number of carbonyl (C=O) groups excluding carboxylic acids is 2. The van der Waals surface area contributed by atoms with E-state index in [1.807, 2.05) is 55.7 Å². The first-order valence-electron chi connectivity index (χ1n) is 29.7. The van der Waals surface area contributed by atoms with Crippen LogP contribution in [0, 0.1) is 23.0 Å². The number of morpholine rings is 2.